The van der Waals surface area contributed by atoms with E-state index in [1.165, 1.54) is 16.7 Å². The van der Waals surface area contributed by atoms with Crippen LogP contribution in [0.4, 0.5) is 0 Å². The summed E-state index contributed by atoms with van der Waals surface area (Å²) in [5.41, 5.74) is 3.71. The van der Waals surface area contributed by atoms with Crippen molar-refractivity contribution in [3.05, 3.63) is 64.2 Å². The maximum Gasteiger partial charge on any atom is 0.119 e. The molecule has 0 bridgehead atoms. The second kappa shape index (κ2) is 7.86. The van der Waals surface area contributed by atoms with E-state index in [1.807, 2.05) is 18.2 Å². The molecule has 0 aromatic heterocycles. The van der Waals surface area contributed by atoms with Crippen LogP contribution >= 0.6 is 27.5 Å². The molecule has 112 valence electrons. The predicted molar refractivity (Wildman–Crippen MR) is 93.9 cm³/mol. The lowest BCUT2D eigenvalue weighted by Gasteiger charge is -2.16. The first kappa shape index (κ1) is 16.4. The number of methoxy groups -OCH3 is 1. The Kier molecular flexibility index (Phi) is 6.13. The van der Waals surface area contributed by atoms with Crippen LogP contribution in [-0.4, -0.2) is 12.4 Å². The molecule has 0 amide bonds. The minimum Gasteiger partial charge on any atom is -0.497 e. The molecule has 0 heterocycles. The second-order valence-corrected chi connectivity index (χ2v) is 6.43. The third-order valence-electron chi connectivity index (χ3n) is 3.59. The van der Waals surface area contributed by atoms with Gasteiger partial charge in [0.1, 0.15) is 5.75 Å². The summed E-state index contributed by atoms with van der Waals surface area (Å²) in [5, 5.41) is 1.82. The van der Waals surface area contributed by atoms with E-state index in [2.05, 4.69) is 47.1 Å². The van der Waals surface area contributed by atoms with Gasteiger partial charge < -0.3 is 4.74 Å². The van der Waals surface area contributed by atoms with E-state index in [1.54, 1.807) is 7.11 Å². The highest BCUT2D eigenvalue weighted by molar-refractivity contribution is 9.09. The highest BCUT2D eigenvalue weighted by Crippen LogP contribution is 2.24. The second-order valence-electron chi connectivity index (χ2n) is 5.37. The Bertz CT molecular complexity index is 598. The zero-order valence-corrected chi connectivity index (χ0v) is 14.7. The Morgan fingerprint density at radius 3 is 2.62 bits per heavy atom. The molecular formula is C18H20BrClO. The van der Waals surface area contributed by atoms with Crippen molar-refractivity contribution in [2.24, 2.45) is 5.92 Å². The van der Waals surface area contributed by atoms with Gasteiger partial charge in [0.15, 0.2) is 0 Å². The molecule has 0 aliphatic heterocycles. The molecule has 0 fully saturated rings. The van der Waals surface area contributed by atoms with Crippen molar-refractivity contribution in [2.75, 3.05) is 12.4 Å². The lowest BCUT2D eigenvalue weighted by Crippen LogP contribution is -2.10. The fourth-order valence-electron chi connectivity index (χ4n) is 2.44. The minimum atomic E-state index is 0.511. The molecular weight excluding hydrogens is 348 g/mol. The quantitative estimate of drug-likeness (QED) is 0.617. The summed E-state index contributed by atoms with van der Waals surface area (Å²) in [7, 11) is 1.70. The van der Waals surface area contributed by atoms with Crippen LogP contribution in [-0.2, 0) is 12.8 Å². The first-order chi connectivity index (χ1) is 10.1. The van der Waals surface area contributed by atoms with Crippen LogP contribution in [0.3, 0.4) is 0 Å². The van der Waals surface area contributed by atoms with Crippen LogP contribution in [0.2, 0.25) is 5.02 Å². The maximum atomic E-state index is 6.35. The maximum absolute atomic E-state index is 6.35. The SMILES string of the molecule is COc1cccc(CC(CBr)Cc2ccc(C)cc2Cl)c1. The summed E-state index contributed by atoms with van der Waals surface area (Å²) < 4.78 is 5.29. The number of halogens is 2. The van der Waals surface area contributed by atoms with Crippen LogP contribution in [0.1, 0.15) is 16.7 Å². The molecule has 0 saturated carbocycles. The van der Waals surface area contributed by atoms with Gasteiger partial charge in [-0.2, -0.15) is 0 Å². The molecule has 2 aromatic rings. The van der Waals surface area contributed by atoms with Gasteiger partial charge in [0.05, 0.1) is 7.11 Å². The molecule has 1 nitrogen and oxygen atoms in total. The molecule has 0 spiro atoms. The molecule has 0 radical (unpaired) electrons. The Hall–Kier alpha value is -0.990. The molecule has 0 N–H and O–H groups in total. The van der Waals surface area contributed by atoms with Crippen LogP contribution in [0, 0.1) is 12.8 Å². The zero-order valence-electron chi connectivity index (χ0n) is 12.4. The molecule has 2 rings (SSSR count). The highest BCUT2D eigenvalue weighted by atomic mass is 79.9. The van der Waals surface area contributed by atoms with Crippen molar-refractivity contribution in [1.82, 2.24) is 0 Å². The van der Waals surface area contributed by atoms with Gasteiger partial charge in [-0.05, 0) is 60.6 Å². The summed E-state index contributed by atoms with van der Waals surface area (Å²) in [6.07, 6.45) is 1.98. The highest BCUT2D eigenvalue weighted by Gasteiger charge is 2.12. The number of hydrogen-bond donors (Lipinski definition) is 0. The fraction of sp³-hybridized carbons (Fsp3) is 0.333. The van der Waals surface area contributed by atoms with Crippen molar-refractivity contribution >= 4 is 27.5 Å². The van der Waals surface area contributed by atoms with Gasteiger partial charge in [0.2, 0.25) is 0 Å². The normalized spacial score (nSPS) is 12.2. The molecule has 1 unspecified atom stereocenters. The van der Waals surface area contributed by atoms with Crippen LogP contribution in [0.15, 0.2) is 42.5 Å². The molecule has 2 aromatic carbocycles. The molecule has 0 saturated heterocycles. The Morgan fingerprint density at radius 1 is 1.14 bits per heavy atom. The summed E-state index contributed by atoms with van der Waals surface area (Å²) in [6.45, 7) is 2.06. The summed E-state index contributed by atoms with van der Waals surface area (Å²) in [6, 6.07) is 14.6. The fourth-order valence-corrected chi connectivity index (χ4v) is 3.21. The van der Waals surface area contributed by atoms with Gasteiger partial charge in [0.25, 0.3) is 0 Å². The van der Waals surface area contributed by atoms with Gasteiger partial charge in [-0.1, -0.05) is 51.8 Å². The van der Waals surface area contributed by atoms with E-state index in [4.69, 9.17) is 16.3 Å². The van der Waals surface area contributed by atoms with E-state index in [-0.39, 0.29) is 0 Å². The Labute approximate surface area is 140 Å². The van der Waals surface area contributed by atoms with E-state index in [9.17, 15) is 0 Å². The zero-order chi connectivity index (χ0) is 15.2. The number of benzene rings is 2. The van der Waals surface area contributed by atoms with Crippen molar-refractivity contribution in [3.63, 3.8) is 0 Å². The van der Waals surface area contributed by atoms with Crippen LogP contribution in [0.5, 0.6) is 5.75 Å². The van der Waals surface area contributed by atoms with Gasteiger partial charge in [-0.15, -0.1) is 0 Å². The molecule has 0 aliphatic carbocycles. The molecule has 3 heteroatoms. The third-order valence-corrected chi connectivity index (χ3v) is 4.86. The van der Waals surface area contributed by atoms with Crippen molar-refractivity contribution in [1.29, 1.82) is 0 Å². The lowest BCUT2D eigenvalue weighted by atomic mass is 9.93. The number of hydrogen-bond acceptors (Lipinski definition) is 1. The van der Waals surface area contributed by atoms with Crippen LogP contribution < -0.4 is 4.74 Å². The van der Waals surface area contributed by atoms with E-state index >= 15 is 0 Å². The molecule has 1 atom stereocenters. The predicted octanol–water partition coefficient (Wildman–Crippen LogP) is 5.45. The summed E-state index contributed by atoms with van der Waals surface area (Å²) in [5.74, 6) is 1.42. The number of ether oxygens (including phenoxy) is 1. The summed E-state index contributed by atoms with van der Waals surface area (Å²) >= 11 is 9.98. The van der Waals surface area contributed by atoms with Gasteiger partial charge >= 0.3 is 0 Å². The standard InChI is InChI=1S/C18H20BrClO/c1-13-6-7-16(18(20)8-13)10-15(12-19)9-14-4-3-5-17(11-14)21-2/h3-8,11,15H,9-10,12H2,1-2H3. The Morgan fingerprint density at radius 2 is 1.95 bits per heavy atom. The average molecular weight is 368 g/mol. The van der Waals surface area contributed by atoms with E-state index in [0.29, 0.717) is 5.92 Å². The van der Waals surface area contributed by atoms with Crippen LogP contribution in [0.25, 0.3) is 0 Å². The molecule has 21 heavy (non-hydrogen) atoms. The number of aryl methyl sites for hydroxylation is 1. The van der Waals surface area contributed by atoms with E-state index < -0.39 is 0 Å². The minimum absolute atomic E-state index is 0.511. The van der Waals surface area contributed by atoms with Crippen molar-refractivity contribution in [3.8, 4) is 5.75 Å². The first-order valence-electron chi connectivity index (χ1n) is 7.06. The number of alkyl halides is 1. The smallest absolute Gasteiger partial charge is 0.119 e. The average Bonchev–Trinajstić information content (AvgIpc) is 2.49. The third kappa shape index (κ3) is 4.76. The van der Waals surface area contributed by atoms with Gasteiger partial charge in [-0.3, -0.25) is 0 Å². The van der Waals surface area contributed by atoms with E-state index in [0.717, 1.165) is 28.9 Å². The number of rotatable bonds is 6. The lowest BCUT2D eigenvalue weighted by molar-refractivity contribution is 0.414. The topological polar surface area (TPSA) is 9.23 Å². The van der Waals surface area contributed by atoms with Crippen molar-refractivity contribution < 1.29 is 4.74 Å². The largest absolute Gasteiger partial charge is 0.497 e. The first-order valence-corrected chi connectivity index (χ1v) is 8.56. The monoisotopic (exact) mass is 366 g/mol. The molecule has 0 aliphatic rings. The summed E-state index contributed by atoms with van der Waals surface area (Å²) in [4.78, 5) is 0. The van der Waals surface area contributed by atoms with Gasteiger partial charge in [0, 0.05) is 10.4 Å². The van der Waals surface area contributed by atoms with Crippen molar-refractivity contribution in [2.45, 2.75) is 19.8 Å². The van der Waals surface area contributed by atoms with Gasteiger partial charge in [-0.25, -0.2) is 0 Å². The Balaban J connectivity index is 2.09.